The average molecular weight is 368 g/mol. The van der Waals surface area contributed by atoms with Crippen molar-refractivity contribution in [3.8, 4) is 0 Å². The monoisotopic (exact) mass is 368 g/mol. The lowest BCUT2D eigenvalue weighted by Crippen LogP contribution is -2.47. The van der Waals surface area contributed by atoms with E-state index in [2.05, 4.69) is 22.0 Å². The van der Waals surface area contributed by atoms with Gasteiger partial charge in [-0.2, -0.15) is 0 Å². The van der Waals surface area contributed by atoms with Crippen LogP contribution in [-0.4, -0.2) is 43.4 Å². The molecule has 1 spiro atoms. The standard InChI is InChI=1S/C23H29FN2O/c1-16(27)13-26-15-23(21-12-20(24)4-5-22(21)26)6-8-25(9-7-23)14-19-11-17-2-3-18(19)10-17/h2-5,12,17-19H,6-11,13-15H2,1H3/t17-,18-,19+/m0/s1. The Kier molecular flexibility index (Phi) is 4.15. The lowest BCUT2D eigenvalue weighted by molar-refractivity contribution is -0.115. The minimum absolute atomic E-state index is 0.0119. The average Bonchev–Trinajstić information content (AvgIpc) is 3.31. The summed E-state index contributed by atoms with van der Waals surface area (Å²) < 4.78 is 14.0. The Hall–Kier alpha value is -1.68. The van der Waals surface area contributed by atoms with Crippen LogP contribution >= 0.6 is 0 Å². The summed E-state index contributed by atoms with van der Waals surface area (Å²) in [7, 11) is 0. The maximum atomic E-state index is 14.0. The molecule has 2 heterocycles. The van der Waals surface area contributed by atoms with Crippen LogP contribution in [-0.2, 0) is 10.2 Å². The number of hydrogen-bond donors (Lipinski definition) is 0. The van der Waals surface area contributed by atoms with E-state index in [1.165, 1.54) is 25.5 Å². The van der Waals surface area contributed by atoms with Crippen molar-refractivity contribution in [2.45, 2.75) is 38.0 Å². The van der Waals surface area contributed by atoms with Gasteiger partial charge in [-0.15, -0.1) is 0 Å². The first-order chi connectivity index (χ1) is 13.0. The van der Waals surface area contributed by atoms with Gasteiger partial charge in [-0.05, 0) is 87.2 Å². The Morgan fingerprint density at radius 2 is 2.04 bits per heavy atom. The molecule has 5 rings (SSSR count). The van der Waals surface area contributed by atoms with Crippen molar-refractivity contribution in [3.05, 3.63) is 41.7 Å². The Balaban J connectivity index is 1.30. The number of rotatable bonds is 4. The summed E-state index contributed by atoms with van der Waals surface area (Å²) in [6.07, 6.45) is 9.72. The van der Waals surface area contributed by atoms with E-state index >= 15 is 0 Å². The molecule has 2 fully saturated rings. The van der Waals surface area contributed by atoms with Crippen LogP contribution in [0.5, 0.6) is 0 Å². The van der Waals surface area contributed by atoms with Crippen molar-refractivity contribution >= 4 is 11.5 Å². The number of halogens is 1. The van der Waals surface area contributed by atoms with Crippen LogP contribution in [0.15, 0.2) is 30.4 Å². The third kappa shape index (κ3) is 3.02. The van der Waals surface area contributed by atoms with E-state index in [0.29, 0.717) is 6.54 Å². The minimum atomic E-state index is -0.158. The second-order valence-corrected chi connectivity index (χ2v) is 9.34. The van der Waals surface area contributed by atoms with Gasteiger partial charge in [0.25, 0.3) is 0 Å². The van der Waals surface area contributed by atoms with Crippen molar-refractivity contribution in [1.29, 1.82) is 0 Å². The lowest BCUT2D eigenvalue weighted by Gasteiger charge is -2.41. The molecule has 1 aromatic rings. The second-order valence-electron chi connectivity index (χ2n) is 9.34. The van der Waals surface area contributed by atoms with E-state index in [1.54, 1.807) is 13.0 Å². The fraction of sp³-hybridized carbons (Fsp3) is 0.609. The SMILES string of the molecule is CC(=O)CN1CC2(CCN(C[C@H]3C[C@H]4C=C[C@H]3C4)CC2)c2cc(F)ccc21. The first-order valence-corrected chi connectivity index (χ1v) is 10.5. The van der Waals surface area contributed by atoms with Crippen LogP contribution in [0.1, 0.15) is 38.2 Å². The molecule has 1 aromatic carbocycles. The summed E-state index contributed by atoms with van der Waals surface area (Å²) in [4.78, 5) is 16.5. The molecule has 0 amide bonds. The van der Waals surface area contributed by atoms with Crippen LogP contribution < -0.4 is 4.90 Å². The zero-order valence-corrected chi connectivity index (χ0v) is 16.2. The Morgan fingerprint density at radius 1 is 1.22 bits per heavy atom. The molecule has 144 valence electrons. The molecule has 1 saturated heterocycles. The Labute approximate surface area is 161 Å². The molecule has 4 heteroatoms. The van der Waals surface area contributed by atoms with Gasteiger partial charge in [-0.1, -0.05) is 12.2 Å². The van der Waals surface area contributed by atoms with E-state index in [1.807, 2.05) is 6.07 Å². The van der Waals surface area contributed by atoms with Crippen LogP contribution in [0.2, 0.25) is 0 Å². The highest BCUT2D eigenvalue weighted by Gasteiger charge is 2.45. The van der Waals surface area contributed by atoms with Gasteiger partial charge in [0, 0.05) is 24.2 Å². The number of anilines is 1. The van der Waals surface area contributed by atoms with Crippen LogP contribution in [0, 0.1) is 23.6 Å². The number of likely N-dealkylation sites (tertiary alicyclic amines) is 1. The molecule has 0 radical (unpaired) electrons. The largest absolute Gasteiger partial charge is 0.363 e. The van der Waals surface area contributed by atoms with Crippen molar-refractivity contribution < 1.29 is 9.18 Å². The van der Waals surface area contributed by atoms with E-state index in [9.17, 15) is 9.18 Å². The number of allylic oxidation sites excluding steroid dienone is 2. The maximum Gasteiger partial charge on any atom is 0.149 e. The van der Waals surface area contributed by atoms with E-state index in [-0.39, 0.29) is 17.0 Å². The van der Waals surface area contributed by atoms with Gasteiger partial charge < -0.3 is 9.80 Å². The van der Waals surface area contributed by atoms with Gasteiger partial charge in [0.1, 0.15) is 11.6 Å². The molecule has 0 aromatic heterocycles. The molecule has 2 aliphatic heterocycles. The molecule has 3 atom stereocenters. The molecular formula is C23H29FN2O. The zero-order chi connectivity index (χ0) is 18.6. The van der Waals surface area contributed by atoms with E-state index in [4.69, 9.17) is 0 Å². The number of carbonyl (C=O) groups excluding carboxylic acids is 1. The van der Waals surface area contributed by atoms with Gasteiger partial charge in [0.15, 0.2) is 0 Å². The summed E-state index contributed by atoms with van der Waals surface area (Å²) >= 11 is 0. The molecule has 3 nitrogen and oxygen atoms in total. The molecule has 1 saturated carbocycles. The number of nitrogens with zero attached hydrogens (tertiary/aromatic N) is 2. The topological polar surface area (TPSA) is 23.6 Å². The summed E-state index contributed by atoms with van der Waals surface area (Å²) in [6.45, 7) is 6.32. The summed E-state index contributed by atoms with van der Waals surface area (Å²) in [6, 6.07) is 5.13. The highest BCUT2D eigenvalue weighted by atomic mass is 19.1. The normalized spacial score (nSPS) is 31.0. The highest BCUT2D eigenvalue weighted by Crippen LogP contribution is 2.48. The molecule has 0 N–H and O–H groups in total. The predicted octanol–water partition coefficient (Wildman–Crippen LogP) is 3.78. The molecule has 0 unspecified atom stereocenters. The number of fused-ring (bicyclic) bond motifs is 4. The van der Waals surface area contributed by atoms with Crippen LogP contribution in [0.4, 0.5) is 10.1 Å². The predicted molar refractivity (Wildman–Crippen MR) is 105 cm³/mol. The fourth-order valence-corrected chi connectivity index (χ4v) is 6.18. The van der Waals surface area contributed by atoms with E-state index in [0.717, 1.165) is 61.5 Å². The molecule has 2 bridgehead atoms. The quantitative estimate of drug-likeness (QED) is 0.756. The number of Topliss-reactive ketones (excluding diaryl/α,β-unsaturated/α-hetero) is 1. The van der Waals surface area contributed by atoms with Gasteiger partial charge >= 0.3 is 0 Å². The minimum Gasteiger partial charge on any atom is -0.363 e. The van der Waals surface area contributed by atoms with Gasteiger partial charge in [-0.25, -0.2) is 4.39 Å². The third-order valence-corrected chi connectivity index (χ3v) is 7.50. The number of ketones is 1. The lowest BCUT2D eigenvalue weighted by atomic mass is 9.74. The fourth-order valence-electron chi connectivity index (χ4n) is 6.18. The number of piperidine rings is 1. The van der Waals surface area contributed by atoms with Crippen molar-refractivity contribution in [2.75, 3.05) is 37.6 Å². The van der Waals surface area contributed by atoms with Gasteiger partial charge in [0.05, 0.1) is 6.54 Å². The van der Waals surface area contributed by atoms with Gasteiger partial charge in [-0.3, -0.25) is 4.79 Å². The zero-order valence-electron chi connectivity index (χ0n) is 16.2. The number of hydrogen-bond acceptors (Lipinski definition) is 3. The Bertz CT molecular complexity index is 781. The second kappa shape index (κ2) is 6.44. The summed E-state index contributed by atoms with van der Waals surface area (Å²) in [5.74, 6) is 2.48. The van der Waals surface area contributed by atoms with Gasteiger partial charge in [0.2, 0.25) is 0 Å². The first-order valence-electron chi connectivity index (χ1n) is 10.5. The van der Waals surface area contributed by atoms with Crippen molar-refractivity contribution in [1.82, 2.24) is 4.90 Å². The van der Waals surface area contributed by atoms with E-state index < -0.39 is 0 Å². The third-order valence-electron chi connectivity index (χ3n) is 7.50. The van der Waals surface area contributed by atoms with Crippen molar-refractivity contribution in [2.24, 2.45) is 17.8 Å². The summed E-state index contributed by atoms with van der Waals surface area (Å²) in [5, 5.41) is 0. The molecule has 4 aliphatic rings. The van der Waals surface area contributed by atoms with Crippen LogP contribution in [0.3, 0.4) is 0 Å². The van der Waals surface area contributed by atoms with Crippen molar-refractivity contribution in [3.63, 3.8) is 0 Å². The molecule has 27 heavy (non-hydrogen) atoms. The molecular weight excluding hydrogens is 339 g/mol. The van der Waals surface area contributed by atoms with Crippen LogP contribution in [0.25, 0.3) is 0 Å². The Morgan fingerprint density at radius 3 is 2.70 bits per heavy atom. The maximum absolute atomic E-state index is 14.0. The first kappa shape index (κ1) is 17.4. The highest BCUT2D eigenvalue weighted by molar-refractivity contribution is 5.82. The molecule has 2 aliphatic carbocycles. The number of benzene rings is 1. The summed E-state index contributed by atoms with van der Waals surface area (Å²) in [5.41, 5.74) is 2.21. The number of carbonyl (C=O) groups is 1. The smallest absolute Gasteiger partial charge is 0.149 e.